The summed E-state index contributed by atoms with van der Waals surface area (Å²) < 4.78 is 5.31. The van der Waals surface area contributed by atoms with Gasteiger partial charge in [-0.3, -0.25) is 4.98 Å². The van der Waals surface area contributed by atoms with Crippen LogP contribution in [0.15, 0.2) is 42.6 Å². The third-order valence-electron chi connectivity index (χ3n) is 2.73. The zero-order valence-corrected chi connectivity index (χ0v) is 10.1. The van der Waals surface area contributed by atoms with Gasteiger partial charge in [-0.05, 0) is 30.7 Å². The first-order valence-corrected chi connectivity index (χ1v) is 5.53. The van der Waals surface area contributed by atoms with Crippen molar-refractivity contribution in [1.82, 2.24) is 4.98 Å². The second-order valence-corrected chi connectivity index (χ2v) is 3.98. The van der Waals surface area contributed by atoms with Crippen LogP contribution in [0.25, 0.3) is 0 Å². The number of benzene rings is 1. The van der Waals surface area contributed by atoms with Crippen LogP contribution < -0.4 is 10.5 Å². The molecule has 88 valence electrons. The predicted octanol–water partition coefficient (Wildman–Crippen LogP) is 2.45. The van der Waals surface area contributed by atoms with Gasteiger partial charge in [0.2, 0.25) is 0 Å². The maximum absolute atomic E-state index is 6.22. The number of rotatable bonds is 3. The first kappa shape index (κ1) is 11.6. The highest BCUT2D eigenvalue weighted by atomic mass is 16.5. The molecule has 3 nitrogen and oxygen atoms in total. The van der Waals surface area contributed by atoms with Crippen molar-refractivity contribution in [2.75, 3.05) is 7.11 Å². The van der Waals surface area contributed by atoms with Gasteiger partial charge in [0, 0.05) is 11.8 Å². The van der Waals surface area contributed by atoms with Gasteiger partial charge in [-0.1, -0.05) is 18.2 Å². The molecule has 1 atom stereocenters. The number of aryl methyl sites for hydroxylation is 1. The van der Waals surface area contributed by atoms with Gasteiger partial charge in [-0.15, -0.1) is 0 Å². The summed E-state index contributed by atoms with van der Waals surface area (Å²) in [5, 5.41) is 0. The minimum absolute atomic E-state index is 0.258. The molecule has 0 aliphatic heterocycles. The summed E-state index contributed by atoms with van der Waals surface area (Å²) in [5.41, 5.74) is 9.18. The lowest BCUT2D eigenvalue weighted by Gasteiger charge is -2.15. The number of aromatic nitrogens is 1. The van der Waals surface area contributed by atoms with Crippen LogP contribution >= 0.6 is 0 Å². The van der Waals surface area contributed by atoms with Crippen LogP contribution in [0.1, 0.15) is 22.9 Å². The van der Waals surface area contributed by atoms with E-state index in [0.717, 1.165) is 22.6 Å². The fourth-order valence-corrected chi connectivity index (χ4v) is 1.81. The summed E-state index contributed by atoms with van der Waals surface area (Å²) in [4.78, 5) is 4.31. The van der Waals surface area contributed by atoms with Crippen molar-refractivity contribution in [1.29, 1.82) is 0 Å². The van der Waals surface area contributed by atoms with Gasteiger partial charge < -0.3 is 10.5 Å². The van der Waals surface area contributed by atoms with Crippen LogP contribution in [-0.2, 0) is 0 Å². The van der Waals surface area contributed by atoms with Crippen molar-refractivity contribution in [2.45, 2.75) is 13.0 Å². The molecule has 3 heteroatoms. The Kier molecular flexibility index (Phi) is 3.40. The lowest BCUT2D eigenvalue weighted by atomic mass is 10.0. The van der Waals surface area contributed by atoms with Gasteiger partial charge in [-0.2, -0.15) is 0 Å². The molecule has 0 fully saturated rings. The van der Waals surface area contributed by atoms with Crippen molar-refractivity contribution >= 4 is 0 Å². The fraction of sp³-hybridized carbons (Fsp3) is 0.214. The number of nitrogens with zero attached hydrogens (tertiary/aromatic N) is 1. The predicted molar refractivity (Wildman–Crippen MR) is 68.0 cm³/mol. The van der Waals surface area contributed by atoms with Crippen molar-refractivity contribution in [3.8, 4) is 5.75 Å². The molecule has 0 spiro atoms. The summed E-state index contributed by atoms with van der Waals surface area (Å²) in [6.45, 7) is 2.03. The Hall–Kier alpha value is -1.87. The molecular weight excluding hydrogens is 212 g/mol. The Morgan fingerprint density at radius 3 is 2.71 bits per heavy atom. The van der Waals surface area contributed by atoms with Crippen LogP contribution in [0.4, 0.5) is 0 Å². The summed E-state index contributed by atoms with van der Waals surface area (Å²) in [7, 11) is 1.65. The highest BCUT2D eigenvalue weighted by Gasteiger charge is 2.14. The van der Waals surface area contributed by atoms with Crippen LogP contribution in [0.3, 0.4) is 0 Å². The second kappa shape index (κ2) is 4.97. The van der Waals surface area contributed by atoms with Gasteiger partial charge >= 0.3 is 0 Å². The van der Waals surface area contributed by atoms with Crippen LogP contribution in [-0.4, -0.2) is 12.1 Å². The number of hydrogen-bond donors (Lipinski definition) is 1. The highest BCUT2D eigenvalue weighted by Crippen LogP contribution is 2.27. The maximum Gasteiger partial charge on any atom is 0.124 e. The van der Waals surface area contributed by atoms with E-state index in [4.69, 9.17) is 10.5 Å². The summed E-state index contributed by atoms with van der Waals surface area (Å²) in [5.74, 6) is 0.795. The Morgan fingerprint density at radius 1 is 1.24 bits per heavy atom. The monoisotopic (exact) mass is 228 g/mol. The maximum atomic E-state index is 6.22. The van der Waals surface area contributed by atoms with Crippen molar-refractivity contribution in [2.24, 2.45) is 5.73 Å². The van der Waals surface area contributed by atoms with Crippen molar-refractivity contribution in [3.63, 3.8) is 0 Å². The zero-order valence-electron chi connectivity index (χ0n) is 10.1. The smallest absolute Gasteiger partial charge is 0.124 e. The molecule has 1 aromatic carbocycles. The van der Waals surface area contributed by atoms with Crippen molar-refractivity contribution < 1.29 is 4.74 Å². The molecule has 1 unspecified atom stereocenters. The van der Waals surface area contributed by atoms with Gasteiger partial charge in [0.15, 0.2) is 0 Å². The van der Waals surface area contributed by atoms with Gasteiger partial charge in [-0.25, -0.2) is 0 Å². The van der Waals surface area contributed by atoms with Crippen LogP contribution in [0.2, 0.25) is 0 Å². The van der Waals surface area contributed by atoms with E-state index in [0.29, 0.717) is 0 Å². The number of ether oxygens (including phenoxy) is 1. The third kappa shape index (κ3) is 2.45. The average molecular weight is 228 g/mol. The van der Waals surface area contributed by atoms with E-state index in [-0.39, 0.29) is 6.04 Å². The lowest BCUT2D eigenvalue weighted by Crippen LogP contribution is -2.14. The Labute approximate surface area is 101 Å². The molecule has 1 heterocycles. The molecule has 0 saturated heterocycles. The Morgan fingerprint density at radius 2 is 2.00 bits per heavy atom. The van der Waals surface area contributed by atoms with E-state index in [9.17, 15) is 0 Å². The molecule has 0 saturated carbocycles. The molecule has 0 aliphatic rings. The van der Waals surface area contributed by atoms with E-state index >= 15 is 0 Å². The Bertz CT molecular complexity index is 511. The number of methoxy groups -OCH3 is 1. The molecule has 0 radical (unpaired) electrons. The first-order valence-electron chi connectivity index (χ1n) is 5.53. The molecule has 17 heavy (non-hydrogen) atoms. The quantitative estimate of drug-likeness (QED) is 0.877. The lowest BCUT2D eigenvalue weighted by molar-refractivity contribution is 0.407. The first-order chi connectivity index (χ1) is 8.22. The fourth-order valence-electron chi connectivity index (χ4n) is 1.81. The topological polar surface area (TPSA) is 48.1 Å². The van der Waals surface area contributed by atoms with Gasteiger partial charge in [0.1, 0.15) is 5.75 Å². The zero-order chi connectivity index (χ0) is 12.3. The van der Waals surface area contributed by atoms with E-state index in [2.05, 4.69) is 4.98 Å². The van der Waals surface area contributed by atoms with Gasteiger partial charge in [0.25, 0.3) is 0 Å². The van der Waals surface area contributed by atoms with E-state index in [1.807, 2.05) is 43.3 Å². The summed E-state index contributed by atoms with van der Waals surface area (Å²) in [6, 6.07) is 11.5. The van der Waals surface area contributed by atoms with Crippen LogP contribution in [0, 0.1) is 6.92 Å². The molecule has 0 amide bonds. The number of para-hydroxylation sites is 1. The molecule has 0 bridgehead atoms. The van der Waals surface area contributed by atoms with Gasteiger partial charge in [0.05, 0.1) is 18.8 Å². The molecule has 0 aliphatic carbocycles. The largest absolute Gasteiger partial charge is 0.496 e. The highest BCUT2D eigenvalue weighted by molar-refractivity contribution is 5.39. The number of hydrogen-bond acceptors (Lipinski definition) is 3. The molecule has 2 N–H and O–H groups in total. The molecule has 2 aromatic rings. The SMILES string of the molecule is COc1ccccc1C(N)c1cc(C)ccn1. The molecule has 1 aromatic heterocycles. The van der Waals surface area contributed by atoms with E-state index in [1.165, 1.54) is 0 Å². The van der Waals surface area contributed by atoms with Crippen LogP contribution in [0.5, 0.6) is 5.75 Å². The van der Waals surface area contributed by atoms with E-state index < -0.39 is 0 Å². The Balaban J connectivity index is 2.40. The average Bonchev–Trinajstić information content (AvgIpc) is 2.38. The normalized spacial score (nSPS) is 12.2. The number of nitrogens with two attached hydrogens (primary N) is 1. The summed E-state index contributed by atoms with van der Waals surface area (Å²) in [6.07, 6.45) is 1.78. The minimum Gasteiger partial charge on any atom is -0.496 e. The molecule has 2 rings (SSSR count). The summed E-state index contributed by atoms with van der Waals surface area (Å²) >= 11 is 0. The van der Waals surface area contributed by atoms with E-state index in [1.54, 1.807) is 13.3 Å². The minimum atomic E-state index is -0.258. The third-order valence-corrected chi connectivity index (χ3v) is 2.73. The number of pyridine rings is 1. The molecular formula is C14H16N2O. The second-order valence-electron chi connectivity index (χ2n) is 3.98. The standard InChI is InChI=1S/C14H16N2O/c1-10-7-8-16-12(9-10)14(15)11-5-3-4-6-13(11)17-2/h3-9,14H,15H2,1-2H3. The van der Waals surface area contributed by atoms with Crippen molar-refractivity contribution in [3.05, 3.63) is 59.4 Å².